The first kappa shape index (κ1) is 21.7. The van der Waals surface area contributed by atoms with Gasteiger partial charge >= 0.3 is 0 Å². The van der Waals surface area contributed by atoms with Gasteiger partial charge in [0.2, 0.25) is 0 Å². The first-order chi connectivity index (χ1) is 14.0. The highest BCUT2D eigenvalue weighted by Gasteiger charge is 2.31. The monoisotopic (exact) mass is 396 g/mol. The Bertz CT molecular complexity index is 771. The van der Waals surface area contributed by atoms with Gasteiger partial charge in [0.1, 0.15) is 12.3 Å². The van der Waals surface area contributed by atoms with Crippen LogP contribution in [0.1, 0.15) is 64.7 Å². The van der Waals surface area contributed by atoms with Crippen molar-refractivity contribution in [3.05, 3.63) is 0 Å². The van der Waals surface area contributed by atoms with Gasteiger partial charge in [0.05, 0.1) is 24.0 Å². The molecule has 0 heterocycles. The van der Waals surface area contributed by atoms with E-state index >= 15 is 0 Å². The van der Waals surface area contributed by atoms with Crippen molar-refractivity contribution in [3.8, 4) is 35.8 Å². The SMILES string of the molecule is CC1CC(C#CC2CCC(C#N)C(F)C2)CCC1C#CC1CCC(C#N)C(F)C1. The zero-order valence-electron chi connectivity index (χ0n) is 17.2. The molecule has 4 heteroatoms. The van der Waals surface area contributed by atoms with Gasteiger partial charge in [-0.15, -0.1) is 0 Å². The van der Waals surface area contributed by atoms with Crippen LogP contribution in [0.25, 0.3) is 0 Å². The van der Waals surface area contributed by atoms with E-state index in [1.807, 2.05) is 0 Å². The Hall–Kier alpha value is -2.04. The number of nitrogens with zero attached hydrogens (tertiary/aromatic N) is 2. The van der Waals surface area contributed by atoms with Crippen LogP contribution in [0.5, 0.6) is 0 Å². The third-order valence-corrected chi connectivity index (χ3v) is 7.01. The van der Waals surface area contributed by atoms with Crippen LogP contribution >= 0.6 is 0 Å². The van der Waals surface area contributed by atoms with Gasteiger partial charge in [-0.05, 0) is 63.7 Å². The lowest BCUT2D eigenvalue weighted by atomic mass is 9.74. The second-order valence-corrected chi connectivity index (χ2v) is 9.19. The van der Waals surface area contributed by atoms with E-state index in [2.05, 4.69) is 42.7 Å². The molecule has 0 aromatic rings. The predicted molar refractivity (Wildman–Crippen MR) is 108 cm³/mol. The van der Waals surface area contributed by atoms with E-state index in [4.69, 9.17) is 10.5 Å². The minimum atomic E-state index is -1.04. The second-order valence-electron chi connectivity index (χ2n) is 9.19. The minimum Gasteiger partial charge on any atom is -0.246 e. The quantitative estimate of drug-likeness (QED) is 0.500. The third-order valence-electron chi connectivity index (χ3n) is 7.01. The molecule has 154 valence electrons. The van der Waals surface area contributed by atoms with E-state index in [9.17, 15) is 8.78 Å². The second kappa shape index (κ2) is 10.1. The summed E-state index contributed by atoms with van der Waals surface area (Å²) in [6, 6.07) is 4.13. The molecule has 9 atom stereocenters. The van der Waals surface area contributed by atoms with Gasteiger partial charge in [0.25, 0.3) is 0 Å². The van der Waals surface area contributed by atoms with Crippen molar-refractivity contribution >= 4 is 0 Å². The first-order valence-electron chi connectivity index (χ1n) is 11.1. The van der Waals surface area contributed by atoms with Gasteiger partial charge in [-0.1, -0.05) is 30.6 Å². The van der Waals surface area contributed by atoms with Crippen molar-refractivity contribution < 1.29 is 8.78 Å². The lowest BCUT2D eigenvalue weighted by Gasteiger charge is -2.30. The van der Waals surface area contributed by atoms with E-state index < -0.39 is 24.2 Å². The summed E-state index contributed by atoms with van der Waals surface area (Å²) < 4.78 is 27.9. The molecule has 0 saturated heterocycles. The number of rotatable bonds is 0. The Morgan fingerprint density at radius 3 is 1.41 bits per heavy atom. The Morgan fingerprint density at radius 2 is 1.00 bits per heavy atom. The van der Waals surface area contributed by atoms with Gasteiger partial charge in [-0.2, -0.15) is 10.5 Å². The van der Waals surface area contributed by atoms with E-state index in [-0.39, 0.29) is 11.8 Å². The molecule has 0 N–H and O–H groups in total. The maximum atomic E-state index is 14.0. The largest absolute Gasteiger partial charge is 0.246 e. The summed E-state index contributed by atoms with van der Waals surface area (Å²) in [5.74, 6) is 13.8. The van der Waals surface area contributed by atoms with Crippen LogP contribution in [0.15, 0.2) is 0 Å². The summed E-state index contributed by atoms with van der Waals surface area (Å²) in [6.45, 7) is 2.22. The number of halogens is 2. The summed E-state index contributed by atoms with van der Waals surface area (Å²) in [4.78, 5) is 0. The molecule has 0 aromatic heterocycles. The maximum absolute atomic E-state index is 14.0. The highest BCUT2D eigenvalue weighted by atomic mass is 19.1. The molecular weight excluding hydrogens is 366 g/mol. The first-order valence-corrected chi connectivity index (χ1v) is 11.1. The molecule has 0 aromatic carbocycles. The number of hydrogen-bond acceptors (Lipinski definition) is 2. The van der Waals surface area contributed by atoms with Gasteiger partial charge in [-0.25, -0.2) is 8.78 Å². The molecule has 0 bridgehead atoms. The molecule has 0 aliphatic heterocycles. The molecule has 3 aliphatic carbocycles. The fourth-order valence-corrected chi connectivity index (χ4v) is 4.99. The van der Waals surface area contributed by atoms with Crippen LogP contribution in [-0.2, 0) is 0 Å². The van der Waals surface area contributed by atoms with E-state index in [0.717, 1.165) is 32.1 Å². The summed E-state index contributed by atoms with van der Waals surface area (Å²) in [5.41, 5.74) is 0. The fraction of sp³-hybridized carbons (Fsp3) is 0.760. The third kappa shape index (κ3) is 5.74. The number of alkyl halides is 2. The lowest BCUT2D eigenvalue weighted by molar-refractivity contribution is 0.179. The Kier molecular flexibility index (Phi) is 7.57. The zero-order valence-corrected chi connectivity index (χ0v) is 17.2. The smallest absolute Gasteiger partial charge is 0.117 e. The standard InChI is InChI=1S/C25H30F2N2/c1-17-12-18(2-3-19-6-10-22(15-28)24(26)13-19)4-8-21(17)9-5-20-7-11-23(16-29)25(27)14-20/h17-25H,4,6-8,10-14H2,1H3. The molecule has 9 unspecified atom stereocenters. The van der Waals surface area contributed by atoms with Gasteiger partial charge < -0.3 is 0 Å². The van der Waals surface area contributed by atoms with Crippen LogP contribution < -0.4 is 0 Å². The highest BCUT2D eigenvalue weighted by Crippen LogP contribution is 2.35. The van der Waals surface area contributed by atoms with Crippen molar-refractivity contribution in [2.75, 3.05) is 0 Å². The van der Waals surface area contributed by atoms with Crippen molar-refractivity contribution in [1.82, 2.24) is 0 Å². The van der Waals surface area contributed by atoms with Crippen molar-refractivity contribution in [2.45, 2.75) is 77.1 Å². The fourth-order valence-electron chi connectivity index (χ4n) is 4.99. The molecule has 29 heavy (non-hydrogen) atoms. The summed E-state index contributed by atoms with van der Waals surface area (Å²) in [7, 11) is 0. The van der Waals surface area contributed by atoms with Crippen LogP contribution in [0.4, 0.5) is 8.78 Å². The zero-order chi connectivity index (χ0) is 20.8. The van der Waals surface area contributed by atoms with E-state index in [1.54, 1.807) is 0 Å². The van der Waals surface area contributed by atoms with Crippen molar-refractivity contribution in [1.29, 1.82) is 10.5 Å². The Balaban J connectivity index is 1.47. The average Bonchev–Trinajstić information content (AvgIpc) is 2.71. The van der Waals surface area contributed by atoms with Gasteiger partial charge in [0.15, 0.2) is 0 Å². The molecule has 0 amide bonds. The number of nitriles is 2. The molecule has 3 aliphatic rings. The molecule has 3 saturated carbocycles. The van der Waals surface area contributed by atoms with Crippen molar-refractivity contribution in [2.24, 2.45) is 41.4 Å². The summed E-state index contributed by atoms with van der Waals surface area (Å²) in [5, 5.41) is 17.9. The Morgan fingerprint density at radius 1 is 0.586 bits per heavy atom. The van der Waals surface area contributed by atoms with Crippen LogP contribution in [0.3, 0.4) is 0 Å². The molecule has 3 fully saturated rings. The van der Waals surface area contributed by atoms with Gasteiger partial charge in [0, 0.05) is 23.7 Å². The van der Waals surface area contributed by atoms with Crippen LogP contribution in [0.2, 0.25) is 0 Å². The normalized spacial score (nSPS) is 42.2. The molecule has 0 radical (unpaired) electrons. The molecule has 2 nitrogen and oxygen atoms in total. The van der Waals surface area contributed by atoms with E-state index in [1.165, 1.54) is 0 Å². The molecular formula is C25H30F2N2. The minimum absolute atomic E-state index is 0.0801. The maximum Gasteiger partial charge on any atom is 0.117 e. The lowest BCUT2D eigenvalue weighted by Crippen LogP contribution is -2.25. The van der Waals surface area contributed by atoms with E-state index in [0.29, 0.717) is 43.4 Å². The predicted octanol–water partition coefficient (Wildman–Crippen LogP) is 5.60. The highest BCUT2D eigenvalue weighted by molar-refractivity contribution is 5.15. The number of hydrogen-bond donors (Lipinski definition) is 0. The summed E-state index contributed by atoms with van der Waals surface area (Å²) >= 11 is 0. The summed E-state index contributed by atoms with van der Waals surface area (Å²) in [6.07, 6.45) is 4.62. The molecule has 3 rings (SSSR count). The van der Waals surface area contributed by atoms with Crippen molar-refractivity contribution in [3.63, 3.8) is 0 Å². The average molecular weight is 397 g/mol. The van der Waals surface area contributed by atoms with Crippen LogP contribution in [0, 0.1) is 87.8 Å². The van der Waals surface area contributed by atoms with Crippen LogP contribution in [-0.4, -0.2) is 12.3 Å². The Labute approximate surface area is 174 Å². The molecule has 0 spiro atoms. The van der Waals surface area contributed by atoms with Gasteiger partial charge in [-0.3, -0.25) is 0 Å². The topological polar surface area (TPSA) is 47.6 Å².